The van der Waals surface area contributed by atoms with E-state index in [2.05, 4.69) is 88.0 Å². The minimum atomic E-state index is -1.51. The molecular formula is C36H61N7O8S. The van der Waals surface area contributed by atoms with Crippen LogP contribution in [-0.2, 0) is 23.3 Å². The third-order valence-corrected chi connectivity index (χ3v) is 7.11. The van der Waals surface area contributed by atoms with Gasteiger partial charge in [-0.1, -0.05) is 81.5 Å². The Morgan fingerprint density at radius 3 is 1.90 bits per heavy atom. The lowest BCUT2D eigenvalue weighted by atomic mass is 9.87. The molecule has 0 aliphatic rings. The van der Waals surface area contributed by atoms with E-state index in [1.54, 1.807) is 14.1 Å². The van der Waals surface area contributed by atoms with Gasteiger partial charge >= 0.3 is 12.1 Å². The van der Waals surface area contributed by atoms with Crippen LogP contribution in [0.15, 0.2) is 65.8 Å². The van der Waals surface area contributed by atoms with E-state index in [1.807, 2.05) is 0 Å². The number of carbonyl (C=O) groups is 4. The summed E-state index contributed by atoms with van der Waals surface area (Å²) >= 11 is 0.975. The summed E-state index contributed by atoms with van der Waals surface area (Å²) < 4.78 is 9.54. The third kappa shape index (κ3) is 32.6. The van der Waals surface area contributed by atoms with E-state index in [1.165, 1.54) is 18.7 Å². The monoisotopic (exact) mass is 751 g/mol. The number of aliphatic hydroxyl groups excluding tert-OH is 1. The number of rotatable bonds is 24. The van der Waals surface area contributed by atoms with Crippen molar-refractivity contribution in [2.24, 2.45) is 21.9 Å². The van der Waals surface area contributed by atoms with E-state index in [0.717, 1.165) is 50.6 Å². The summed E-state index contributed by atoms with van der Waals surface area (Å²) in [7, 11) is 3.38. The van der Waals surface area contributed by atoms with Gasteiger partial charge in [0.05, 0.1) is 12.0 Å². The van der Waals surface area contributed by atoms with Crippen molar-refractivity contribution in [2.45, 2.75) is 84.7 Å². The summed E-state index contributed by atoms with van der Waals surface area (Å²) in [5, 5.41) is 30.8. The molecule has 0 aromatic carbocycles. The predicted octanol–water partition coefficient (Wildman–Crippen LogP) is 4.56. The van der Waals surface area contributed by atoms with Crippen LogP contribution in [0.3, 0.4) is 0 Å². The SMILES string of the molecule is CC/C=C\C/C=C\C/C=C\C/C=C\C/C=C\CCCC(=O)OSCCNC(=O)CCNC(=O)[C@H](O)C(C)(C)COC(=O)O.CN(C)C(=N)N=C(N)N. The number of carbonyl (C=O) groups excluding carboxylic acids is 3. The summed E-state index contributed by atoms with van der Waals surface area (Å²) in [5.74, 6) is -0.997. The maximum absolute atomic E-state index is 12.1. The minimum absolute atomic E-state index is 0.00237. The number of hydrogen-bond donors (Lipinski definition) is 7. The molecule has 15 nitrogen and oxygen atoms in total. The molecular weight excluding hydrogens is 691 g/mol. The highest BCUT2D eigenvalue weighted by atomic mass is 32.2. The highest BCUT2D eigenvalue weighted by Crippen LogP contribution is 2.21. The summed E-state index contributed by atoms with van der Waals surface area (Å²) in [6, 6.07) is 0. The lowest BCUT2D eigenvalue weighted by Gasteiger charge is -2.28. The molecule has 0 fully saturated rings. The molecule has 0 rings (SSSR count). The Kier molecular flexibility index (Phi) is 30.8. The highest BCUT2D eigenvalue weighted by Gasteiger charge is 2.35. The van der Waals surface area contributed by atoms with Gasteiger partial charge in [0.15, 0.2) is 5.96 Å². The first kappa shape index (κ1) is 49.5. The van der Waals surface area contributed by atoms with Crippen LogP contribution in [0.25, 0.3) is 0 Å². The molecule has 2 amide bonds. The second kappa shape index (κ2) is 32.3. The third-order valence-electron chi connectivity index (χ3n) is 6.43. The number of hydrogen-bond acceptors (Lipinski definition) is 9. The largest absolute Gasteiger partial charge is 0.505 e. The van der Waals surface area contributed by atoms with Crippen LogP contribution in [0.2, 0.25) is 0 Å². The molecule has 9 N–H and O–H groups in total. The first-order valence-electron chi connectivity index (χ1n) is 17.1. The smallest absolute Gasteiger partial charge is 0.450 e. The summed E-state index contributed by atoms with van der Waals surface area (Å²) in [6.45, 7) is 5.04. The number of nitrogens with two attached hydrogens (primary N) is 2. The van der Waals surface area contributed by atoms with Crippen molar-refractivity contribution >= 4 is 47.9 Å². The van der Waals surface area contributed by atoms with Crippen molar-refractivity contribution < 1.29 is 38.3 Å². The maximum atomic E-state index is 12.1. The van der Waals surface area contributed by atoms with Gasteiger partial charge in [-0.3, -0.25) is 19.8 Å². The van der Waals surface area contributed by atoms with Crippen molar-refractivity contribution in [1.29, 1.82) is 5.41 Å². The van der Waals surface area contributed by atoms with E-state index >= 15 is 0 Å². The van der Waals surface area contributed by atoms with Gasteiger partial charge in [-0.2, -0.15) is 4.99 Å². The molecule has 0 heterocycles. The Morgan fingerprint density at radius 2 is 1.42 bits per heavy atom. The summed E-state index contributed by atoms with van der Waals surface area (Å²) in [5.41, 5.74) is 8.85. The summed E-state index contributed by atoms with van der Waals surface area (Å²) in [4.78, 5) is 51.3. The van der Waals surface area contributed by atoms with E-state index in [-0.39, 0.29) is 49.9 Å². The molecule has 0 aliphatic carbocycles. The number of ether oxygens (including phenoxy) is 1. The average Bonchev–Trinajstić information content (AvgIpc) is 3.08. The molecule has 16 heteroatoms. The van der Waals surface area contributed by atoms with Gasteiger partial charge in [0.1, 0.15) is 12.7 Å². The normalized spacial score (nSPS) is 12.1. The summed E-state index contributed by atoms with van der Waals surface area (Å²) in [6.07, 6.45) is 25.1. The van der Waals surface area contributed by atoms with Crippen LogP contribution in [-0.4, -0.2) is 96.6 Å². The topological polar surface area (TPSA) is 243 Å². The fourth-order valence-electron chi connectivity index (χ4n) is 3.50. The Morgan fingerprint density at radius 1 is 0.885 bits per heavy atom. The second-order valence-corrected chi connectivity index (χ2v) is 12.8. The number of guanidine groups is 2. The number of amides is 2. The van der Waals surface area contributed by atoms with Crippen LogP contribution >= 0.6 is 12.0 Å². The van der Waals surface area contributed by atoms with Gasteiger partial charge in [-0.25, -0.2) is 4.79 Å². The molecule has 0 aromatic rings. The lowest BCUT2D eigenvalue weighted by molar-refractivity contribution is -0.137. The van der Waals surface area contributed by atoms with Gasteiger partial charge in [0.2, 0.25) is 17.8 Å². The zero-order valence-corrected chi connectivity index (χ0v) is 32.2. The molecule has 52 heavy (non-hydrogen) atoms. The number of allylic oxidation sites excluding steroid dienone is 10. The van der Waals surface area contributed by atoms with E-state index in [0.29, 0.717) is 18.6 Å². The molecule has 1 atom stereocenters. The first-order valence-corrected chi connectivity index (χ1v) is 18.1. The number of nitrogens with zero attached hydrogens (tertiary/aromatic N) is 2. The number of unbranched alkanes of at least 4 members (excludes halogenated alkanes) is 1. The quantitative estimate of drug-likeness (QED) is 0.0179. The van der Waals surface area contributed by atoms with E-state index < -0.39 is 23.6 Å². The van der Waals surface area contributed by atoms with Crippen molar-refractivity contribution in [3.05, 3.63) is 60.8 Å². The molecule has 0 spiro atoms. The number of nitrogens with one attached hydrogen (secondary N) is 3. The van der Waals surface area contributed by atoms with E-state index in [4.69, 9.17) is 26.2 Å². The van der Waals surface area contributed by atoms with Gasteiger partial charge in [0.25, 0.3) is 0 Å². The fourth-order valence-corrected chi connectivity index (χ4v) is 3.99. The molecule has 0 unspecified atom stereocenters. The van der Waals surface area contributed by atoms with Crippen LogP contribution in [0.4, 0.5) is 4.79 Å². The van der Waals surface area contributed by atoms with Crippen LogP contribution in [0.1, 0.15) is 78.6 Å². The molecule has 0 aromatic heterocycles. The number of aliphatic hydroxyl groups is 1. The van der Waals surface area contributed by atoms with Gasteiger partial charge < -0.3 is 46.1 Å². The van der Waals surface area contributed by atoms with Crippen LogP contribution in [0, 0.1) is 10.8 Å². The van der Waals surface area contributed by atoms with Gasteiger partial charge in [0, 0.05) is 51.2 Å². The fraction of sp³-hybridized carbons (Fsp3) is 0.556. The Balaban J connectivity index is 0. The van der Waals surface area contributed by atoms with Gasteiger partial charge in [-0.05, 0) is 44.9 Å². The Bertz CT molecular complexity index is 1230. The molecule has 0 bridgehead atoms. The second-order valence-electron chi connectivity index (χ2n) is 12.0. The zero-order valence-electron chi connectivity index (χ0n) is 31.3. The molecule has 0 aliphatic heterocycles. The van der Waals surface area contributed by atoms with E-state index in [9.17, 15) is 24.3 Å². The first-order chi connectivity index (χ1) is 24.6. The average molecular weight is 752 g/mol. The highest BCUT2D eigenvalue weighted by molar-refractivity contribution is 7.95. The zero-order chi connectivity index (χ0) is 39.6. The lowest BCUT2D eigenvalue weighted by Crippen LogP contribution is -2.46. The van der Waals surface area contributed by atoms with Crippen LogP contribution in [0.5, 0.6) is 0 Å². The molecule has 0 saturated heterocycles. The molecule has 294 valence electrons. The van der Waals surface area contributed by atoms with Crippen molar-refractivity contribution in [2.75, 3.05) is 39.5 Å². The number of aliphatic imine (C=N–C) groups is 1. The minimum Gasteiger partial charge on any atom is -0.450 e. The van der Waals surface area contributed by atoms with Crippen LogP contribution < -0.4 is 22.1 Å². The molecule has 0 radical (unpaired) electrons. The Labute approximate surface area is 313 Å². The van der Waals surface area contributed by atoms with Crippen molar-refractivity contribution in [3.63, 3.8) is 0 Å². The van der Waals surface area contributed by atoms with Crippen molar-refractivity contribution in [3.8, 4) is 0 Å². The Hall–Kier alpha value is -4.57. The maximum Gasteiger partial charge on any atom is 0.505 e. The van der Waals surface area contributed by atoms with Crippen molar-refractivity contribution in [1.82, 2.24) is 15.5 Å². The standard InChI is InChI=1S/C32H50N2O8S.C4H11N5/c1-4-5-6-7-8-9-10-11-12-13-14-15-16-17-18-19-20-21-28(36)42-43-25-24-33-27(35)22-23-34-30(38)29(37)32(2,3)26-41-31(39)40;1-9(2)4(7)8-3(5)6/h5-6,8-9,11-12,14-15,17-18,29,37H,4,7,10,13,16,19-26H2,1-3H3,(H,33,35)(H,34,38)(H,39,40);1-2H3,(H5,5,6,7,8)/b6-5-,9-8-,12-11-,15-14-,18-17-;/t29-;/m0./s1. The molecule has 0 saturated carbocycles. The number of carboxylic acid groups (broad SMARTS) is 1. The predicted molar refractivity (Wildman–Crippen MR) is 208 cm³/mol. The van der Waals surface area contributed by atoms with Gasteiger partial charge in [-0.15, -0.1) is 0 Å².